The number of hydrogen-bond donors (Lipinski definition) is 2. The Bertz CT molecular complexity index is 478. The molecule has 1 rings (SSSR count). The van der Waals surface area contributed by atoms with Gasteiger partial charge in [-0.05, 0) is 53.7 Å². The van der Waals surface area contributed by atoms with Crippen molar-refractivity contribution < 1.29 is 9.53 Å². The highest BCUT2D eigenvalue weighted by Crippen LogP contribution is 2.25. The summed E-state index contributed by atoms with van der Waals surface area (Å²) in [4.78, 5) is 14.5. The van der Waals surface area contributed by atoms with Gasteiger partial charge in [0.25, 0.3) is 0 Å². The fraction of sp³-hybridized carbons (Fsp3) is 0.857. The highest BCUT2D eigenvalue weighted by molar-refractivity contribution is 7.79. The average Bonchev–Trinajstić information content (AvgIpc) is 2.59. The van der Waals surface area contributed by atoms with Gasteiger partial charge in [-0.3, -0.25) is 4.79 Å². The van der Waals surface area contributed by atoms with E-state index < -0.39 is 0 Å². The van der Waals surface area contributed by atoms with E-state index in [0.717, 1.165) is 25.9 Å². The minimum absolute atomic E-state index is 0.159. The number of piperidine rings is 1. The first-order valence-corrected chi connectivity index (χ1v) is 10.6. The van der Waals surface area contributed by atoms with Gasteiger partial charge in [0.1, 0.15) is 0 Å². The van der Waals surface area contributed by atoms with Crippen molar-refractivity contribution in [3.63, 3.8) is 0 Å². The zero-order chi connectivity index (χ0) is 20.4. The standard InChI is InChI=1S/C20H36N2O2.CH4S/c1-8-24-20(6,7)19(4,5)21-14-18(23)22-13-9-10-17(15-22)12-11-16(2)3;1-2/h16-17,21H,8-10,13-15H2,1-7H3;2H,1H3. The Kier molecular flexibility index (Phi) is 11.6. The maximum atomic E-state index is 12.6. The molecule has 0 bridgehead atoms. The van der Waals surface area contributed by atoms with E-state index in [9.17, 15) is 4.79 Å². The molecule has 0 aromatic heterocycles. The third-order valence-electron chi connectivity index (χ3n) is 5.04. The Morgan fingerprint density at radius 2 is 1.92 bits per heavy atom. The molecule has 4 nitrogen and oxygen atoms in total. The van der Waals surface area contributed by atoms with Crippen molar-refractivity contribution in [2.45, 2.75) is 72.4 Å². The summed E-state index contributed by atoms with van der Waals surface area (Å²) >= 11 is 3.53. The Hall–Kier alpha value is -0.700. The van der Waals surface area contributed by atoms with E-state index in [-0.39, 0.29) is 17.0 Å². The number of nitrogens with zero attached hydrogens (tertiary/aromatic N) is 1. The van der Waals surface area contributed by atoms with E-state index in [1.807, 2.05) is 11.8 Å². The van der Waals surface area contributed by atoms with Crippen LogP contribution < -0.4 is 5.32 Å². The number of ether oxygens (including phenoxy) is 1. The van der Waals surface area contributed by atoms with Crippen molar-refractivity contribution in [2.24, 2.45) is 11.8 Å². The normalized spacial score (nSPS) is 17.9. The van der Waals surface area contributed by atoms with Crippen molar-refractivity contribution in [3.05, 3.63) is 0 Å². The summed E-state index contributed by atoms with van der Waals surface area (Å²) in [7, 11) is 0. The number of rotatable bonds is 6. The van der Waals surface area contributed by atoms with Crippen LogP contribution in [0.5, 0.6) is 0 Å². The van der Waals surface area contributed by atoms with Crippen LogP contribution in [0.15, 0.2) is 0 Å². The molecule has 152 valence electrons. The lowest BCUT2D eigenvalue weighted by atomic mass is 9.85. The van der Waals surface area contributed by atoms with Gasteiger partial charge in [-0.25, -0.2) is 0 Å². The predicted octanol–water partition coefficient (Wildman–Crippen LogP) is 3.61. The lowest BCUT2D eigenvalue weighted by molar-refractivity contribution is -0.133. The summed E-state index contributed by atoms with van der Waals surface area (Å²) in [6.07, 6.45) is 3.83. The molecule has 1 aliphatic heterocycles. The van der Waals surface area contributed by atoms with Crippen LogP contribution >= 0.6 is 12.6 Å². The number of carbonyl (C=O) groups is 1. The first kappa shape index (κ1) is 25.3. The first-order chi connectivity index (χ1) is 12.1. The molecule has 1 heterocycles. The Morgan fingerprint density at radius 3 is 2.46 bits per heavy atom. The smallest absolute Gasteiger partial charge is 0.236 e. The SMILES string of the molecule is CCOC(C)(C)C(C)(C)NCC(=O)N1CCCC(C#CC(C)C)C1.CS. The quantitative estimate of drug-likeness (QED) is 0.543. The summed E-state index contributed by atoms with van der Waals surface area (Å²) in [6.45, 7) is 17.1. The lowest BCUT2D eigenvalue weighted by Gasteiger charge is -2.42. The molecule has 1 aliphatic rings. The number of thiol groups is 1. The zero-order valence-corrected chi connectivity index (χ0v) is 19.0. The second kappa shape index (κ2) is 11.9. The van der Waals surface area contributed by atoms with Crippen molar-refractivity contribution in [2.75, 3.05) is 32.5 Å². The van der Waals surface area contributed by atoms with Gasteiger partial charge in [0.05, 0.1) is 12.1 Å². The van der Waals surface area contributed by atoms with Gasteiger partial charge in [0.15, 0.2) is 0 Å². The van der Waals surface area contributed by atoms with Crippen LogP contribution in [0, 0.1) is 23.7 Å². The van der Waals surface area contributed by atoms with Crippen LogP contribution in [-0.4, -0.2) is 54.4 Å². The van der Waals surface area contributed by atoms with Gasteiger partial charge in [-0.2, -0.15) is 12.6 Å². The van der Waals surface area contributed by atoms with Crippen LogP contribution in [0.2, 0.25) is 0 Å². The van der Waals surface area contributed by atoms with Crippen LogP contribution in [0.3, 0.4) is 0 Å². The molecule has 1 amide bonds. The Balaban J connectivity index is 0.00000301. The third-order valence-corrected chi connectivity index (χ3v) is 5.04. The molecular weight excluding hydrogens is 344 g/mol. The molecule has 1 N–H and O–H groups in total. The van der Waals surface area contributed by atoms with E-state index >= 15 is 0 Å². The van der Waals surface area contributed by atoms with E-state index in [1.165, 1.54) is 0 Å². The molecule has 1 atom stereocenters. The number of nitrogens with one attached hydrogen (secondary N) is 1. The van der Waals surface area contributed by atoms with Crippen molar-refractivity contribution >= 4 is 18.5 Å². The van der Waals surface area contributed by atoms with Crippen LogP contribution in [0.1, 0.15) is 61.3 Å². The number of hydrogen-bond acceptors (Lipinski definition) is 4. The maximum absolute atomic E-state index is 12.6. The molecule has 0 spiro atoms. The Labute approximate surface area is 167 Å². The van der Waals surface area contributed by atoms with Gasteiger partial charge in [-0.15, -0.1) is 5.92 Å². The molecule has 1 unspecified atom stereocenters. The van der Waals surface area contributed by atoms with Crippen LogP contribution in [-0.2, 0) is 9.53 Å². The summed E-state index contributed by atoms with van der Waals surface area (Å²) in [5.41, 5.74) is -0.624. The third kappa shape index (κ3) is 8.33. The topological polar surface area (TPSA) is 41.6 Å². The fourth-order valence-corrected chi connectivity index (χ4v) is 2.77. The van der Waals surface area contributed by atoms with Gasteiger partial charge < -0.3 is 15.0 Å². The average molecular weight is 385 g/mol. The van der Waals surface area contributed by atoms with Crippen LogP contribution in [0.25, 0.3) is 0 Å². The molecule has 0 aliphatic carbocycles. The van der Waals surface area contributed by atoms with Gasteiger partial charge in [0, 0.05) is 37.1 Å². The second-order valence-electron chi connectivity index (χ2n) is 8.04. The highest BCUT2D eigenvalue weighted by Gasteiger charge is 2.38. The minimum Gasteiger partial charge on any atom is -0.374 e. The summed E-state index contributed by atoms with van der Waals surface area (Å²) in [5.74, 6) is 7.44. The minimum atomic E-state index is -0.338. The number of likely N-dealkylation sites (tertiary alicyclic amines) is 1. The maximum Gasteiger partial charge on any atom is 0.236 e. The predicted molar refractivity (Wildman–Crippen MR) is 115 cm³/mol. The van der Waals surface area contributed by atoms with E-state index in [0.29, 0.717) is 25.0 Å². The molecule has 0 saturated carbocycles. The summed E-state index contributed by atoms with van der Waals surface area (Å²) in [6, 6.07) is 0. The van der Waals surface area contributed by atoms with Crippen molar-refractivity contribution in [1.29, 1.82) is 0 Å². The van der Waals surface area contributed by atoms with Gasteiger partial charge in [0.2, 0.25) is 5.91 Å². The van der Waals surface area contributed by atoms with Crippen molar-refractivity contribution in [1.82, 2.24) is 10.2 Å². The monoisotopic (exact) mass is 384 g/mol. The Morgan fingerprint density at radius 1 is 1.31 bits per heavy atom. The molecule has 5 heteroatoms. The largest absolute Gasteiger partial charge is 0.374 e. The fourth-order valence-electron chi connectivity index (χ4n) is 2.77. The number of amides is 1. The number of carbonyl (C=O) groups excluding carboxylic acids is 1. The zero-order valence-electron chi connectivity index (χ0n) is 18.1. The molecule has 0 radical (unpaired) electrons. The first-order valence-electron chi connectivity index (χ1n) is 9.71. The van der Waals surface area contributed by atoms with E-state index in [1.54, 1.807) is 6.26 Å². The molecule has 1 saturated heterocycles. The molecule has 0 aromatic rings. The van der Waals surface area contributed by atoms with Gasteiger partial charge in [-0.1, -0.05) is 19.8 Å². The van der Waals surface area contributed by atoms with Crippen LogP contribution in [0.4, 0.5) is 0 Å². The van der Waals surface area contributed by atoms with E-state index in [4.69, 9.17) is 4.74 Å². The lowest BCUT2D eigenvalue weighted by Crippen LogP contribution is -2.59. The summed E-state index contributed by atoms with van der Waals surface area (Å²) < 4.78 is 5.84. The molecule has 26 heavy (non-hydrogen) atoms. The van der Waals surface area contributed by atoms with Gasteiger partial charge >= 0.3 is 0 Å². The molecular formula is C21H40N2O2S. The van der Waals surface area contributed by atoms with Crippen molar-refractivity contribution in [3.8, 4) is 11.8 Å². The summed E-state index contributed by atoms with van der Waals surface area (Å²) in [5, 5.41) is 3.39. The molecule has 1 fully saturated rings. The second-order valence-corrected chi connectivity index (χ2v) is 8.04. The van der Waals surface area contributed by atoms with E-state index in [2.05, 4.69) is 71.3 Å². The highest BCUT2D eigenvalue weighted by atomic mass is 32.1. The molecule has 0 aromatic carbocycles.